The lowest BCUT2D eigenvalue weighted by atomic mass is 10.1. The van der Waals surface area contributed by atoms with Crippen LogP contribution in [0.1, 0.15) is 51.9 Å². The molecule has 2 amide bonds. The van der Waals surface area contributed by atoms with E-state index in [9.17, 15) is 9.59 Å². The van der Waals surface area contributed by atoms with Crippen LogP contribution >= 0.6 is 0 Å². The van der Waals surface area contributed by atoms with E-state index in [-0.39, 0.29) is 17.7 Å². The Hall–Kier alpha value is -1.84. The summed E-state index contributed by atoms with van der Waals surface area (Å²) in [5.41, 5.74) is 0.947. The van der Waals surface area contributed by atoms with Crippen molar-refractivity contribution in [1.82, 2.24) is 4.90 Å². The molecule has 1 atom stereocenters. The van der Waals surface area contributed by atoms with Crippen molar-refractivity contribution < 1.29 is 9.59 Å². The number of hydrogen-bond acceptors (Lipinski definition) is 2. The fourth-order valence-electron chi connectivity index (χ4n) is 3.98. The molecular formula is C20H28N2O2. The third-order valence-electron chi connectivity index (χ3n) is 5.34. The van der Waals surface area contributed by atoms with Gasteiger partial charge in [-0.2, -0.15) is 0 Å². The van der Waals surface area contributed by atoms with Gasteiger partial charge in [0.1, 0.15) is 0 Å². The summed E-state index contributed by atoms with van der Waals surface area (Å²) in [4.78, 5) is 29.4. The zero-order valence-corrected chi connectivity index (χ0v) is 14.6. The van der Waals surface area contributed by atoms with Gasteiger partial charge in [-0.05, 0) is 31.4 Å². The van der Waals surface area contributed by atoms with Gasteiger partial charge in [-0.1, -0.05) is 44.4 Å². The molecule has 0 radical (unpaired) electrons. The van der Waals surface area contributed by atoms with Crippen LogP contribution in [0, 0.1) is 5.92 Å². The van der Waals surface area contributed by atoms with Crippen molar-refractivity contribution in [1.29, 1.82) is 0 Å². The van der Waals surface area contributed by atoms with Crippen molar-refractivity contribution in [2.24, 2.45) is 5.92 Å². The van der Waals surface area contributed by atoms with Crippen molar-refractivity contribution in [3.63, 3.8) is 0 Å². The Bertz CT molecular complexity index is 566. The standard InChI is InChI=1S/C20H28N2O2/c1-2-3-13-21(17-9-5-4-6-10-17)20(24)16-14-19(23)22(15-16)18-11-7-8-12-18/h4-6,9-10,16,18H,2-3,7-8,11-15H2,1H3/t16-/m0/s1. The first-order valence-corrected chi connectivity index (χ1v) is 9.36. The van der Waals surface area contributed by atoms with Gasteiger partial charge in [0.15, 0.2) is 0 Å². The molecular weight excluding hydrogens is 300 g/mol. The smallest absolute Gasteiger partial charge is 0.232 e. The Morgan fingerprint density at radius 3 is 2.58 bits per heavy atom. The van der Waals surface area contributed by atoms with Crippen LogP contribution in [0.4, 0.5) is 5.69 Å². The van der Waals surface area contributed by atoms with Crippen LogP contribution < -0.4 is 4.90 Å². The predicted molar refractivity (Wildman–Crippen MR) is 95.8 cm³/mol. The lowest BCUT2D eigenvalue weighted by molar-refractivity contribution is -0.130. The molecule has 0 spiro atoms. The molecule has 1 saturated carbocycles. The largest absolute Gasteiger partial charge is 0.339 e. The van der Waals surface area contributed by atoms with E-state index >= 15 is 0 Å². The summed E-state index contributed by atoms with van der Waals surface area (Å²) >= 11 is 0. The second-order valence-electron chi connectivity index (χ2n) is 7.06. The summed E-state index contributed by atoms with van der Waals surface area (Å²) < 4.78 is 0. The van der Waals surface area contributed by atoms with Crippen LogP contribution in [0.25, 0.3) is 0 Å². The molecule has 0 unspecified atom stereocenters. The molecule has 0 N–H and O–H groups in total. The number of para-hydroxylation sites is 1. The Morgan fingerprint density at radius 2 is 1.92 bits per heavy atom. The van der Waals surface area contributed by atoms with Crippen molar-refractivity contribution in [3.05, 3.63) is 30.3 Å². The van der Waals surface area contributed by atoms with Gasteiger partial charge in [-0.25, -0.2) is 0 Å². The minimum absolute atomic E-state index is 0.114. The van der Waals surface area contributed by atoms with Crippen molar-refractivity contribution in [2.45, 2.75) is 57.9 Å². The number of unbranched alkanes of at least 4 members (excludes halogenated alkanes) is 1. The number of rotatable bonds is 6. The molecule has 4 heteroatoms. The van der Waals surface area contributed by atoms with Crippen LogP contribution in [0.15, 0.2) is 30.3 Å². The van der Waals surface area contributed by atoms with Crippen molar-refractivity contribution in [2.75, 3.05) is 18.0 Å². The molecule has 2 fully saturated rings. The summed E-state index contributed by atoms with van der Waals surface area (Å²) in [5.74, 6) is 0.0995. The Balaban J connectivity index is 1.71. The molecule has 4 nitrogen and oxygen atoms in total. The molecule has 1 aliphatic carbocycles. The SMILES string of the molecule is CCCCN(C(=O)[C@H]1CC(=O)N(C2CCCC2)C1)c1ccccc1. The second-order valence-corrected chi connectivity index (χ2v) is 7.06. The number of likely N-dealkylation sites (tertiary alicyclic amines) is 1. The van der Waals surface area contributed by atoms with Gasteiger partial charge in [0.25, 0.3) is 0 Å². The first-order chi connectivity index (χ1) is 11.7. The third kappa shape index (κ3) is 3.63. The highest BCUT2D eigenvalue weighted by Gasteiger charge is 2.40. The van der Waals surface area contributed by atoms with E-state index in [1.165, 1.54) is 12.8 Å². The quantitative estimate of drug-likeness (QED) is 0.800. The van der Waals surface area contributed by atoms with Gasteiger partial charge >= 0.3 is 0 Å². The summed E-state index contributed by atoms with van der Waals surface area (Å²) in [5, 5.41) is 0. The van der Waals surface area contributed by atoms with Gasteiger partial charge in [-0.3, -0.25) is 9.59 Å². The number of benzene rings is 1. The third-order valence-corrected chi connectivity index (χ3v) is 5.34. The average molecular weight is 328 g/mol. The number of anilines is 1. The van der Waals surface area contributed by atoms with Gasteiger partial charge in [-0.15, -0.1) is 0 Å². The van der Waals surface area contributed by atoms with Gasteiger partial charge < -0.3 is 9.80 Å². The maximum atomic E-state index is 13.1. The second kappa shape index (κ2) is 7.82. The fraction of sp³-hybridized carbons (Fsp3) is 0.600. The maximum absolute atomic E-state index is 13.1. The lowest BCUT2D eigenvalue weighted by Gasteiger charge is -2.27. The van der Waals surface area contributed by atoms with E-state index in [0.29, 0.717) is 19.0 Å². The fourth-order valence-corrected chi connectivity index (χ4v) is 3.98. The number of nitrogens with zero attached hydrogens (tertiary/aromatic N) is 2. The molecule has 1 heterocycles. The van der Waals surface area contributed by atoms with Gasteiger partial charge in [0.2, 0.25) is 11.8 Å². The van der Waals surface area contributed by atoms with Crippen LogP contribution in [0.3, 0.4) is 0 Å². The summed E-state index contributed by atoms with van der Waals surface area (Å²) in [6.45, 7) is 3.47. The average Bonchev–Trinajstić information content (AvgIpc) is 3.25. The normalized spacial score (nSPS) is 21.5. The molecule has 130 valence electrons. The molecule has 1 saturated heterocycles. The highest BCUT2D eigenvalue weighted by atomic mass is 16.2. The molecule has 0 aromatic heterocycles. The molecule has 1 aliphatic heterocycles. The zero-order valence-electron chi connectivity index (χ0n) is 14.6. The monoisotopic (exact) mass is 328 g/mol. The van der Waals surface area contributed by atoms with E-state index in [4.69, 9.17) is 0 Å². The number of carbonyl (C=O) groups is 2. The molecule has 3 rings (SSSR count). The summed E-state index contributed by atoms with van der Waals surface area (Å²) in [6.07, 6.45) is 7.03. The van der Waals surface area contributed by atoms with Gasteiger partial charge in [0, 0.05) is 31.2 Å². The van der Waals surface area contributed by atoms with E-state index in [0.717, 1.165) is 37.9 Å². The first-order valence-electron chi connectivity index (χ1n) is 9.36. The Morgan fingerprint density at radius 1 is 1.21 bits per heavy atom. The lowest BCUT2D eigenvalue weighted by Crippen LogP contribution is -2.39. The van der Waals surface area contributed by atoms with E-state index < -0.39 is 0 Å². The molecule has 0 bridgehead atoms. The zero-order chi connectivity index (χ0) is 16.9. The maximum Gasteiger partial charge on any atom is 0.232 e. The Kier molecular flexibility index (Phi) is 5.54. The van der Waals surface area contributed by atoms with E-state index in [1.54, 1.807) is 0 Å². The molecule has 24 heavy (non-hydrogen) atoms. The van der Waals surface area contributed by atoms with Crippen molar-refractivity contribution in [3.8, 4) is 0 Å². The van der Waals surface area contributed by atoms with Crippen molar-refractivity contribution >= 4 is 17.5 Å². The first kappa shape index (κ1) is 17.0. The van der Waals surface area contributed by atoms with E-state index in [2.05, 4.69) is 6.92 Å². The van der Waals surface area contributed by atoms with Gasteiger partial charge in [0.05, 0.1) is 5.92 Å². The Labute approximate surface area is 144 Å². The number of amides is 2. The minimum atomic E-state index is -0.185. The topological polar surface area (TPSA) is 40.6 Å². The molecule has 1 aromatic carbocycles. The predicted octanol–water partition coefficient (Wildman–Crippen LogP) is 3.61. The van der Waals surface area contributed by atoms with E-state index in [1.807, 2.05) is 40.1 Å². The van der Waals surface area contributed by atoms with Crippen LogP contribution in [0.5, 0.6) is 0 Å². The molecule has 2 aliphatic rings. The van der Waals surface area contributed by atoms with Crippen LogP contribution in [0.2, 0.25) is 0 Å². The summed E-state index contributed by atoms with van der Waals surface area (Å²) in [6, 6.07) is 10.2. The molecule has 1 aromatic rings. The number of carbonyl (C=O) groups excluding carboxylic acids is 2. The van der Waals surface area contributed by atoms with Crippen LogP contribution in [-0.2, 0) is 9.59 Å². The highest BCUT2D eigenvalue weighted by molar-refractivity contribution is 5.99. The van der Waals surface area contributed by atoms with Crippen LogP contribution in [-0.4, -0.2) is 35.8 Å². The highest BCUT2D eigenvalue weighted by Crippen LogP contribution is 2.31. The minimum Gasteiger partial charge on any atom is -0.339 e. The summed E-state index contributed by atoms with van der Waals surface area (Å²) in [7, 11) is 0. The number of hydrogen-bond donors (Lipinski definition) is 0.